The molecule has 0 saturated carbocycles. The summed E-state index contributed by atoms with van der Waals surface area (Å²) in [7, 11) is 0. The van der Waals surface area contributed by atoms with E-state index in [1.165, 1.54) is 24.3 Å². The first-order chi connectivity index (χ1) is 21.4. The molecular formula is C34H24ClN3O6. The molecule has 44 heavy (non-hydrogen) atoms. The van der Waals surface area contributed by atoms with E-state index in [2.05, 4.69) is 10.9 Å². The number of esters is 1. The number of para-hydroxylation sites is 1. The molecule has 0 aromatic heterocycles. The normalized spacial score (nSPS) is 20.8. The molecule has 0 spiro atoms. The summed E-state index contributed by atoms with van der Waals surface area (Å²) in [5, 5.41) is 0.203. The van der Waals surface area contributed by atoms with E-state index in [-0.39, 0.29) is 45.5 Å². The molecule has 0 unspecified atom stereocenters. The number of nitrogens with one attached hydrogen (secondary N) is 2. The number of ether oxygens (including phenoxy) is 1. The third kappa shape index (κ3) is 4.27. The minimum absolute atomic E-state index is 0.0388. The molecule has 4 aromatic carbocycles. The smallest absolute Gasteiger partial charge is 0.340 e. The van der Waals surface area contributed by atoms with Crippen molar-refractivity contribution in [3.05, 3.63) is 135 Å². The molecule has 2 atom stereocenters. The monoisotopic (exact) mass is 605 g/mol. The van der Waals surface area contributed by atoms with Gasteiger partial charge in [0, 0.05) is 11.8 Å². The lowest BCUT2D eigenvalue weighted by atomic mass is 9.55. The maximum Gasteiger partial charge on any atom is 0.340 e. The summed E-state index contributed by atoms with van der Waals surface area (Å²) >= 11 is 6.01. The molecule has 1 aliphatic heterocycles. The lowest BCUT2D eigenvalue weighted by Crippen LogP contribution is -2.43. The van der Waals surface area contributed by atoms with Crippen LogP contribution in [0.1, 0.15) is 54.8 Å². The van der Waals surface area contributed by atoms with Crippen LogP contribution in [0.3, 0.4) is 0 Å². The molecule has 2 N–H and O–H groups in total. The van der Waals surface area contributed by atoms with Gasteiger partial charge in [-0.1, -0.05) is 84.4 Å². The van der Waals surface area contributed by atoms with Crippen LogP contribution in [0.5, 0.6) is 0 Å². The second-order valence-electron chi connectivity index (χ2n) is 10.9. The van der Waals surface area contributed by atoms with E-state index in [0.29, 0.717) is 0 Å². The van der Waals surface area contributed by atoms with Gasteiger partial charge in [0.25, 0.3) is 11.8 Å². The zero-order valence-corrected chi connectivity index (χ0v) is 23.8. The van der Waals surface area contributed by atoms with Crippen LogP contribution in [-0.4, -0.2) is 36.2 Å². The number of rotatable bonds is 5. The van der Waals surface area contributed by atoms with E-state index in [1.54, 1.807) is 24.3 Å². The summed E-state index contributed by atoms with van der Waals surface area (Å²) in [6.07, 6.45) is 0. The summed E-state index contributed by atoms with van der Waals surface area (Å²) in [5.41, 5.74) is 8.77. The molecule has 1 heterocycles. The van der Waals surface area contributed by atoms with Gasteiger partial charge >= 0.3 is 5.97 Å². The van der Waals surface area contributed by atoms with E-state index in [0.717, 1.165) is 27.2 Å². The van der Waals surface area contributed by atoms with Crippen LogP contribution in [0.2, 0.25) is 5.02 Å². The summed E-state index contributed by atoms with van der Waals surface area (Å²) in [4.78, 5) is 67.2. The third-order valence-electron chi connectivity index (χ3n) is 8.58. The summed E-state index contributed by atoms with van der Waals surface area (Å²) in [6, 6.07) is 28.3. The van der Waals surface area contributed by atoms with Gasteiger partial charge in [0.15, 0.2) is 6.61 Å². The van der Waals surface area contributed by atoms with Crippen molar-refractivity contribution in [2.75, 3.05) is 11.5 Å². The van der Waals surface area contributed by atoms with Gasteiger partial charge in [0.2, 0.25) is 11.8 Å². The number of hydrogen-bond acceptors (Lipinski definition) is 6. The van der Waals surface area contributed by atoms with Crippen molar-refractivity contribution >= 4 is 46.9 Å². The first-order valence-electron chi connectivity index (χ1n) is 14.0. The minimum atomic E-state index is -0.904. The highest BCUT2D eigenvalue weighted by Gasteiger charge is 2.62. The number of benzene rings is 4. The maximum atomic E-state index is 14.1. The zero-order valence-electron chi connectivity index (χ0n) is 23.0. The number of carbonyl (C=O) groups is 5. The Hall–Kier alpha value is -5.28. The van der Waals surface area contributed by atoms with E-state index in [1.807, 2.05) is 48.5 Å². The van der Waals surface area contributed by atoms with Crippen LogP contribution in [0.15, 0.2) is 97.1 Å². The van der Waals surface area contributed by atoms with Gasteiger partial charge in [0.1, 0.15) is 0 Å². The fraction of sp³-hybridized carbons (Fsp3) is 0.147. The fourth-order valence-electron chi connectivity index (χ4n) is 6.84. The number of hydrogen-bond donors (Lipinski definition) is 2. The van der Waals surface area contributed by atoms with Crippen molar-refractivity contribution in [2.45, 2.75) is 11.8 Å². The molecule has 9 nitrogen and oxygen atoms in total. The van der Waals surface area contributed by atoms with Gasteiger partial charge in [-0.25, -0.2) is 9.69 Å². The average Bonchev–Trinajstić information content (AvgIpc) is 3.32. The van der Waals surface area contributed by atoms with E-state index >= 15 is 0 Å². The number of amides is 4. The van der Waals surface area contributed by atoms with Crippen LogP contribution < -0.4 is 15.8 Å². The molecule has 218 valence electrons. The van der Waals surface area contributed by atoms with Crippen LogP contribution in [0.25, 0.3) is 0 Å². The summed E-state index contributed by atoms with van der Waals surface area (Å²) < 4.78 is 5.22. The molecular weight excluding hydrogens is 582 g/mol. The highest BCUT2D eigenvalue weighted by atomic mass is 35.5. The first kappa shape index (κ1) is 27.5. The number of nitrogens with zero attached hydrogens (tertiary/aromatic N) is 1. The second-order valence-corrected chi connectivity index (χ2v) is 11.3. The van der Waals surface area contributed by atoms with Gasteiger partial charge in [-0.2, -0.15) is 0 Å². The third-order valence-corrected chi connectivity index (χ3v) is 8.91. The molecule has 10 heteroatoms. The van der Waals surface area contributed by atoms with Crippen LogP contribution in [-0.2, 0) is 19.1 Å². The number of carbonyl (C=O) groups excluding carboxylic acids is 5. The second kappa shape index (κ2) is 10.8. The van der Waals surface area contributed by atoms with Crippen molar-refractivity contribution in [1.82, 2.24) is 10.9 Å². The van der Waals surface area contributed by atoms with Crippen molar-refractivity contribution in [3.63, 3.8) is 0 Å². The van der Waals surface area contributed by atoms with Crippen molar-refractivity contribution in [1.29, 1.82) is 0 Å². The molecule has 8 rings (SSSR count). The predicted octanol–water partition coefficient (Wildman–Crippen LogP) is 4.35. The lowest BCUT2D eigenvalue weighted by molar-refractivity contribution is -0.125. The Morgan fingerprint density at radius 1 is 0.659 bits per heavy atom. The van der Waals surface area contributed by atoms with Crippen LogP contribution in [0, 0.1) is 11.8 Å². The zero-order chi connectivity index (χ0) is 30.5. The number of hydrazine groups is 1. The Morgan fingerprint density at radius 3 is 1.68 bits per heavy atom. The van der Waals surface area contributed by atoms with E-state index in [9.17, 15) is 24.0 Å². The standard InChI is InChI=1S/C34H24ClN3O6/c35-24-15-7-5-13-22(24)31(40)37-36-26(39)17-44-34(43)23-14-6-8-16-25(23)38-32(41)29-27-18-9-1-2-10-19(18)28(30(29)33(38)42)21-12-4-3-11-20(21)27/h1-16,27-30H,17H2,(H,36,39)(H,37,40)/t27?,28?,29-,30+. The van der Waals surface area contributed by atoms with Gasteiger partial charge < -0.3 is 4.74 Å². The van der Waals surface area contributed by atoms with Crippen molar-refractivity contribution in [2.24, 2.45) is 11.8 Å². The summed E-state index contributed by atoms with van der Waals surface area (Å²) in [6.45, 7) is -0.724. The van der Waals surface area contributed by atoms with E-state index < -0.39 is 36.2 Å². The Bertz CT molecular complexity index is 1770. The number of anilines is 1. The SMILES string of the molecule is O=C(COC(=O)c1ccccc1N1C(=O)[C@@H]2C3c4ccccc4C(c4ccccc43)[C@@H]2C1=O)NNC(=O)c1ccccc1Cl. The largest absolute Gasteiger partial charge is 0.452 e. The maximum absolute atomic E-state index is 14.1. The van der Waals surface area contributed by atoms with Crippen molar-refractivity contribution in [3.8, 4) is 0 Å². The van der Waals surface area contributed by atoms with Crippen LogP contribution in [0.4, 0.5) is 5.69 Å². The average molecular weight is 606 g/mol. The lowest BCUT2D eigenvalue weighted by Gasteiger charge is -2.45. The molecule has 1 fully saturated rings. The Morgan fingerprint density at radius 2 is 1.14 bits per heavy atom. The van der Waals surface area contributed by atoms with Crippen LogP contribution >= 0.6 is 11.6 Å². The molecule has 1 saturated heterocycles. The number of imide groups is 1. The minimum Gasteiger partial charge on any atom is -0.452 e. The van der Waals surface area contributed by atoms with Crippen molar-refractivity contribution < 1.29 is 28.7 Å². The van der Waals surface area contributed by atoms with Gasteiger partial charge in [0.05, 0.1) is 33.7 Å². The van der Waals surface area contributed by atoms with Gasteiger partial charge in [-0.15, -0.1) is 0 Å². The predicted molar refractivity (Wildman–Crippen MR) is 160 cm³/mol. The highest BCUT2D eigenvalue weighted by molar-refractivity contribution is 6.33. The molecule has 3 aliphatic carbocycles. The number of halogens is 1. The molecule has 0 radical (unpaired) electrons. The topological polar surface area (TPSA) is 122 Å². The fourth-order valence-corrected chi connectivity index (χ4v) is 7.06. The molecule has 4 aromatic rings. The summed E-state index contributed by atoms with van der Waals surface area (Å²) in [5.74, 6) is -4.92. The Labute approximate surface area is 256 Å². The Kier molecular flexibility index (Phi) is 6.74. The van der Waals surface area contributed by atoms with Gasteiger partial charge in [-0.05, 0) is 46.5 Å². The molecule has 2 bridgehead atoms. The molecule has 4 aliphatic rings. The van der Waals surface area contributed by atoms with Gasteiger partial charge in [-0.3, -0.25) is 30.0 Å². The highest BCUT2D eigenvalue weighted by Crippen LogP contribution is 2.61. The molecule has 4 amide bonds. The first-order valence-corrected chi connectivity index (χ1v) is 14.4. The quantitative estimate of drug-likeness (QED) is 0.198. The van der Waals surface area contributed by atoms with E-state index in [4.69, 9.17) is 16.3 Å². The Balaban J connectivity index is 1.11.